The van der Waals surface area contributed by atoms with Crippen LogP contribution in [0.2, 0.25) is 0 Å². The molecule has 1 fully saturated rings. The number of carbonyl (C=O) groups is 2. The van der Waals surface area contributed by atoms with Crippen molar-refractivity contribution in [2.45, 2.75) is 32.7 Å². The lowest BCUT2D eigenvalue weighted by Gasteiger charge is -2.11. The first-order valence-electron chi connectivity index (χ1n) is 5.84. The van der Waals surface area contributed by atoms with Crippen molar-refractivity contribution in [1.29, 1.82) is 0 Å². The molecule has 1 rings (SSSR count). The summed E-state index contributed by atoms with van der Waals surface area (Å²) < 4.78 is 0. The molecule has 0 aliphatic carbocycles. The van der Waals surface area contributed by atoms with E-state index in [9.17, 15) is 9.59 Å². The topological polar surface area (TPSA) is 70.2 Å². The summed E-state index contributed by atoms with van der Waals surface area (Å²) in [4.78, 5) is 22.7. The lowest BCUT2D eigenvalue weighted by Crippen LogP contribution is -2.40. The summed E-state index contributed by atoms with van der Waals surface area (Å²) in [5.74, 6) is 0.258. The fourth-order valence-corrected chi connectivity index (χ4v) is 1.77. The van der Waals surface area contributed by atoms with Crippen molar-refractivity contribution in [1.82, 2.24) is 16.0 Å². The van der Waals surface area contributed by atoms with Crippen molar-refractivity contribution in [2.75, 3.05) is 19.6 Å². The molecule has 2 amide bonds. The summed E-state index contributed by atoms with van der Waals surface area (Å²) in [5.41, 5.74) is 0. The number of amides is 2. The van der Waals surface area contributed by atoms with E-state index in [1.54, 1.807) is 0 Å². The van der Waals surface area contributed by atoms with Gasteiger partial charge in [-0.3, -0.25) is 9.59 Å². The average Bonchev–Trinajstić information content (AvgIpc) is 2.66. The zero-order chi connectivity index (χ0) is 12.0. The van der Waals surface area contributed by atoms with Gasteiger partial charge >= 0.3 is 0 Å². The Morgan fingerprint density at radius 2 is 2.12 bits per heavy atom. The summed E-state index contributed by atoms with van der Waals surface area (Å²) in [6.45, 7) is 5.77. The van der Waals surface area contributed by atoms with E-state index in [2.05, 4.69) is 16.0 Å². The minimum absolute atomic E-state index is 0.0346. The predicted octanol–water partition coefficient (Wildman–Crippen LogP) is -0.373. The maximum atomic E-state index is 11.5. The molecular formula is C11H21N3O2. The van der Waals surface area contributed by atoms with Gasteiger partial charge in [-0.25, -0.2) is 0 Å². The smallest absolute Gasteiger partial charge is 0.239 e. The van der Waals surface area contributed by atoms with Crippen LogP contribution < -0.4 is 16.0 Å². The number of carbonyl (C=O) groups excluding carboxylic acids is 2. The molecular weight excluding hydrogens is 206 g/mol. The Morgan fingerprint density at radius 1 is 1.38 bits per heavy atom. The second-order valence-corrected chi connectivity index (χ2v) is 4.56. The quantitative estimate of drug-likeness (QED) is 0.600. The average molecular weight is 227 g/mol. The van der Waals surface area contributed by atoms with Gasteiger partial charge in [-0.2, -0.15) is 0 Å². The molecule has 92 valence electrons. The minimum Gasteiger partial charge on any atom is -0.352 e. The van der Waals surface area contributed by atoms with Crippen LogP contribution in [0.25, 0.3) is 0 Å². The van der Waals surface area contributed by atoms with Crippen LogP contribution in [0.5, 0.6) is 0 Å². The summed E-state index contributed by atoms with van der Waals surface area (Å²) >= 11 is 0. The normalized spacial score (nSPS) is 19.8. The molecule has 0 aromatic heterocycles. The fourth-order valence-electron chi connectivity index (χ4n) is 1.77. The van der Waals surface area contributed by atoms with Crippen LogP contribution in [0.1, 0.15) is 26.7 Å². The Hall–Kier alpha value is -1.10. The van der Waals surface area contributed by atoms with Crippen LogP contribution in [0.15, 0.2) is 0 Å². The molecule has 1 saturated heterocycles. The van der Waals surface area contributed by atoms with E-state index in [1.165, 1.54) is 0 Å². The Bertz CT molecular complexity index is 248. The van der Waals surface area contributed by atoms with Crippen molar-refractivity contribution < 1.29 is 9.59 Å². The van der Waals surface area contributed by atoms with Gasteiger partial charge in [0, 0.05) is 12.5 Å². The van der Waals surface area contributed by atoms with Gasteiger partial charge in [-0.1, -0.05) is 0 Å². The van der Waals surface area contributed by atoms with Crippen molar-refractivity contribution in [3.8, 4) is 0 Å². The largest absolute Gasteiger partial charge is 0.352 e. The minimum atomic E-state index is -0.132. The van der Waals surface area contributed by atoms with Crippen LogP contribution in [-0.2, 0) is 9.59 Å². The molecule has 0 radical (unpaired) electrons. The third-order valence-corrected chi connectivity index (χ3v) is 2.53. The van der Waals surface area contributed by atoms with Gasteiger partial charge < -0.3 is 16.0 Å². The van der Waals surface area contributed by atoms with E-state index >= 15 is 0 Å². The monoisotopic (exact) mass is 227 g/mol. The molecule has 16 heavy (non-hydrogen) atoms. The van der Waals surface area contributed by atoms with Crippen molar-refractivity contribution in [3.63, 3.8) is 0 Å². The number of nitrogens with one attached hydrogen (secondary N) is 3. The number of hydrogen-bond acceptors (Lipinski definition) is 3. The van der Waals surface area contributed by atoms with E-state index in [-0.39, 0.29) is 24.4 Å². The fraction of sp³-hybridized carbons (Fsp3) is 0.818. The highest BCUT2D eigenvalue weighted by Gasteiger charge is 2.18. The Balaban J connectivity index is 2.11. The summed E-state index contributed by atoms with van der Waals surface area (Å²) in [6.07, 6.45) is 1.56. The van der Waals surface area contributed by atoms with E-state index < -0.39 is 0 Å². The van der Waals surface area contributed by atoms with Gasteiger partial charge in [-0.05, 0) is 39.3 Å². The van der Waals surface area contributed by atoms with Crippen LogP contribution in [-0.4, -0.2) is 37.5 Å². The van der Waals surface area contributed by atoms with Crippen molar-refractivity contribution >= 4 is 11.8 Å². The highest BCUT2D eigenvalue weighted by atomic mass is 16.2. The van der Waals surface area contributed by atoms with Crippen LogP contribution >= 0.6 is 0 Å². The molecule has 1 heterocycles. The molecule has 0 bridgehead atoms. The van der Waals surface area contributed by atoms with Crippen molar-refractivity contribution in [3.05, 3.63) is 0 Å². The molecule has 0 aromatic carbocycles. The Morgan fingerprint density at radius 3 is 2.69 bits per heavy atom. The van der Waals surface area contributed by atoms with Crippen LogP contribution in [0.3, 0.4) is 0 Å². The van der Waals surface area contributed by atoms with Gasteiger partial charge in [0.1, 0.15) is 0 Å². The Labute approximate surface area is 96.4 Å². The first kappa shape index (κ1) is 13.0. The van der Waals surface area contributed by atoms with Crippen LogP contribution in [0, 0.1) is 5.92 Å². The highest BCUT2D eigenvalue weighted by molar-refractivity contribution is 5.84. The molecule has 0 saturated carbocycles. The molecule has 5 nitrogen and oxygen atoms in total. The lowest BCUT2D eigenvalue weighted by atomic mass is 10.0. The molecule has 0 spiro atoms. The second-order valence-electron chi connectivity index (χ2n) is 4.56. The zero-order valence-corrected chi connectivity index (χ0v) is 10.0. The zero-order valence-electron chi connectivity index (χ0n) is 10.0. The third kappa shape index (κ3) is 5.11. The molecule has 3 N–H and O–H groups in total. The van der Waals surface area contributed by atoms with Gasteiger partial charge in [0.15, 0.2) is 0 Å². The Kier molecular flexibility index (Phi) is 5.25. The summed E-state index contributed by atoms with van der Waals surface area (Å²) in [7, 11) is 0. The van der Waals surface area contributed by atoms with E-state index in [4.69, 9.17) is 0 Å². The first-order valence-corrected chi connectivity index (χ1v) is 5.84. The second kappa shape index (κ2) is 6.48. The van der Waals surface area contributed by atoms with Gasteiger partial charge in [-0.15, -0.1) is 0 Å². The van der Waals surface area contributed by atoms with E-state index in [0.29, 0.717) is 12.3 Å². The third-order valence-electron chi connectivity index (χ3n) is 2.53. The van der Waals surface area contributed by atoms with Gasteiger partial charge in [0.25, 0.3) is 0 Å². The summed E-state index contributed by atoms with van der Waals surface area (Å²) in [5, 5.41) is 8.57. The van der Waals surface area contributed by atoms with Gasteiger partial charge in [0.2, 0.25) is 11.8 Å². The lowest BCUT2D eigenvalue weighted by molar-refractivity contribution is -0.126. The molecule has 1 unspecified atom stereocenters. The molecule has 5 heteroatoms. The standard InChI is InChI=1S/C11H21N3O2/c1-8(2)14-11(16)7-13-10(15)5-9-3-4-12-6-9/h8-9,12H,3-7H2,1-2H3,(H,13,15)(H,14,16). The molecule has 1 aliphatic heterocycles. The molecule has 0 aromatic rings. The SMILES string of the molecule is CC(C)NC(=O)CNC(=O)CC1CCNC1. The predicted molar refractivity (Wildman–Crippen MR) is 61.9 cm³/mol. The summed E-state index contributed by atoms with van der Waals surface area (Å²) in [6, 6.07) is 0.114. The molecule has 1 aliphatic rings. The van der Waals surface area contributed by atoms with Crippen LogP contribution in [0.4, 0.5) is 0 Å². The maximum Gasteiger partial charge on any atom is 0.239 e. The molecule has 1 atom stereocenters. The number of rotatable bonds is 5. The van der Waals surface area contributed by atoms with Crippen molar-refractivity contribution in [2.24, 2.45) is 5.92 Å². The first-order chi connectivity index (χ1) is 7.58. The van der Waals surface area contributed by atoms with Gasteiger partial charge in [0.05, 0.1) is 6.54 Å². The highest BCUT2D eigenvalue weighted by Crippen LogP contribution is 2.11. The van der Waals surface area contributed by atoms with E-state index in [0.717, 1.165) is 19.5 Å². The number of hydrogen-bond donors (Lipinski definition) is 3. The van der Waals surface area contributed by atoms with E-state index in [1.807, 2.05) is 13.8 Å². The maximum absolute atomic E-state index is 11.5.